The summed E-state index contributed by atoms with van der Waals surface area (Å²) in [5.41, 5.74) is 1.41. The van der Waals surface area contributed by atoms with Crippen LogP contribution in [-0.4, -0.2) is 63.0 Å². The molecule has 1 N–H and O–H groups in total. The molecule has 4 aliphatic heterocycles. The van der Waals surface area contributed by atoms with Gasteiger partial charge in [0, 0.05) is 36.6 Å². The second-order valence-electron chi connectivity index (χ2n) is 7.45. The van der Waals surface area contributed by atoms with Gasteiger partial charge in [0.1, 0.15) is 29.3 Å². The van der Waals surface area contributed by atoms with Crippen LogP contribution in [0.4, 0.5) is 4.39 Å². The van der Waals surface area contributed by atoms with Crippen molar-refractivity contribution < 1.29 is 18.6 Å². The van der Waals surface area contributed by atoms with Gasteiger partial charge in [0.25, 0.3) is 0 Å². The Morgan fingerprint density at radius 1 is 1.25 bits per heavy atom. The number of aliphatic imine (C=N–C) groups is 2. The average molecular weight is 403 g/mol. The molecule has 148 valence electrons. The lowest BCUT2D eigenvalue weighted by atomic mass is 9.85. The van der Waals surface area contributed by atoms with Gasteiger partial charge in [0.2, 0.25) is 5.90 Å². The van der Waals surface area contributed by atoms with Crippen LogP contribution in [-0.2, 0) is 9.47 Å². The number of hydrogen-bond donors (Lipinski definition) is 1. The Morgan fingerprint density at radius 3 is 2.82 bits per heavy atom. The van der Waals surface area contributed by atoms with Gasteiger partial charge in [-0.1, -0.05) is 0 Å². The van der Waals surface area contributed by atoms with Crippen LogP contribution in [0.3, 0.4) is 0 Å². The summed E-state index contributed by atoms with van der Waals surface area (Å²) in [5, 5.41) is 5.37. The zero-order valence-corrected chi connectivity index (χ0v) is 16.3. The fourth-order valence-corrected chi connectivity index (χ4v) is 5.46. The van der Waals surface area contributed by atoms with Gasteiger partial charge in [-0.05, 0) is 23.1 Å². The van der Waals surface area contributed by atoms with E-state index in [1.807, 2.05) is 5.41 Å². The molecule has 4 atom stereocenters. The van der Waals surface area contributed by atoms with Crippen LogP contribution in [0.2, 0.25) is 0 Å². The summed E-state index contributed by atoms with van der Waals surface area (Å²) in [7, 11) is 1.53. The molecule has 0 spiro atoms. The largest absolute Gasteiger partial charge is 0.497 e. The molecule has 0 amide bonds. The maximum absolute atomic E-state index is 14.6. The van der Waals surface area contributed by atoms with Gasteiger partial charge >= 0.3 is 0 Å². The molecule has 0 aliphatic carbocycles. The summed E-state index contributed by atoms with van der Waals surface area (Å²) >= 11 is 1.60. The number of nitrogens with zero attached hydrogens (tertiary/aromatic N) is 2. The first-order valence-corrected chi connectivity index (χ1v) is 10.4. The van der Waals surface area contributed by atoms with Crippen LogP contribution >= 0.6 is 11.8 Å². The van der Waals surface area contributed by atoms with Gasteiger partial charge in [-0.3, -0.25) is 4.99 Å². The third kappa shape index (κ3) is 3.13. The highest BCUT2D eigenvalue weighted by Crippen LogP contribution is 2.42. The third-order valence-corrected chi connectivity index (χ3v) is 6.90. The molecule has 1 aromatic rings. The van der Waals surface area contributed by atoms with Gasteiger partial charge in [-0.15, -0.1) is 11.8 Å². The number of fused-ring (bicyclic) bond motifs is 3. The van der Waals surface area contributed by atoms with Gasteiger partial charge in [-0.2, -0.15) is 0 Å². The zero-order chi connectivity index (χ0) is 19.1. The number of rotatable bonds is 3. The minimum Gasteiger partial charge on any atom is -0.497 e. The molecule has 4 unspecified atom stereocenters. The highest BCUT2D eigenvalue weighted by atomic mass is 32.2. The van der Waals surface area contributed by atoms with Crippen LogP contribution < -0.4 is 10.1 Å². The maximum atomic E-state index is 14.6. The van der Waals surface area contributed by atoms with Gasteiger partial charge in [0.05, 0.1) is 26.4 Å². The van der Waals surface area contributed by atoms with Crippen molar-refractivity contribution in [2.24, 2.45) is 21.8 Å². The van der Waals surface area contributed by atoms with Crippen molar-refractivity contribution in [2.45, 2.75) is 17.4 Å². The minimum atomic E-state index is -0.308. The van der Waals surface area contributed by atoms with Crippen LogP contribution in [0.5, 0.6) is 5.75 Å². The van der Waals surface area contributed by atoms with Crippen molar-refractivity contribution in [1.29, 1.82) is 0 Å². The standard InChI is InChI=1S/C20H22FN3O3S/c1-25-13-2-3-14(16(21)4-13)15-9-28-19-17(15)23-10-24-20(19)27-18-11-5-22-6-12(18)8-26-7-11/h2-4,9-12,17-19,22H,5-8H2,1H3. The van der Waals surface area contributed by atoms with Crippen LogP contribution in [0.15, 0.2) is 33.6 Å². The first-order chi connectivity index (χ1) is 13.7. The SMILES string of the molecule is COc1ccc(C2=CSC3C(OC4C5CNCC4COC5)=NC=NC23)c(F)c1. The number of thioether (sulfide) groups is 1. The second-order valence-corrected chi connectivity index (χ2v) is 8.47. The molecule has 0 saturated carbocycles. The van der Waals surface area contributed by atoms with Crippen molar-refractivity contribution in [3.05, 3.63) is 35.0 Å². The van der Waals surface area contributed by atoms with Gasteiger partial charge < -0.3 is 19.5 Å². The van der Waals surface area contributed by atoms with E-state index in [1.54, 1.807) is 30.2 Å². The van der Waals surface area contributed by atoms with Crippen molar-refractivity contribution >= 4 is 29.6 Å². The molecule has 8 heteroatoms. The molecule has 1 aromatic carbocycles. The maximum Gasteiger partial charge on any atom is 0.206 e. The Labute approximate surface area is 167 Å². The van der Waals surface area contributed by atoms with Gasteiger partial charge in [0.15, 0.2) is 0 Å². The topological polar surface area (TPSA) is 64.4 Å². The summed E-state index contributed by atoms with van der Waals surface area (Å²) < 4.78 is 31.8. The predicted molar refractivity (Wildman–Crippen MR) is 108 cm³/mol. The van der Waals surface area contributed by atoms with Crippen LogP contribution in [0.1, 0.15) is 5.56 Å². The highest BCUT2D eigenvalue weighted by molar-refractivity contribution is 8.04. The molecule has 2 fully saturated rings. The molecule has 5 rings (SSSR count). The van der Waals surface area contributed by atoms with Crippen molar-refractivity contribution in [2.75, 3.05) is 33.4 Å². The monoisotopic (exact) mass is 403 g/mol. The molecule has 4 aliphatic rings. The molecule has 28 heavy (non-hydrogen) atoms. The molecule has 2 saturated heterocycles. The highest BCUT2D eigenvalue weighted by Gasteiger charge is 2.43. The summed E-state index contributed by atoms with van der Waals surface area (Å²) in [6, 6.07) is 4.73. The minimum absolute atomic E-state index is 0.0574. The Morgan fingerprint density at radius 2 is 2.07 bits per heavy atom. The molecule has 2 bridgehead atoms. The quantitative estimate of drug-likeness (QED) is 0.839. The fourth-order valence-electron chi connectivity index (χ4n) is 4.30. The Kier molecular flexibility index (Phi) is 4.86. The molecular formula is C20H22FN3O3S. The van der Waals surface area contributed by atoms with Crippen LogP contribution in [0, 0.1) is 17.7 Å². The van der Waals surface area contributed by atoms with Gasteiger partial charge in [-0.25, -0.2) is 9.38 Å². The first kappa shape index (κ1) is 18.1. The lowest BCUT2D eigenvalue weighted by molar-refractivity contribution is -0.0878. The van der Waals surface area contributed by atoms with Crippen molar-refractivity contribution in [1.82, 2.24) is 5.32 Å². The number of hydrogen-bond acceptors (Lipinski definition) is 7. The smallest absolute Gasteiger partial charge is 0.206 e. The third-order valence-electron chi connectivity index (χ3n) is 5.75. The van der Waals surface area contributed by atoms with E-state index >= 15 is 0 Å². The number of nitrogens with one attached hydrogen (secondary N) is 1. The fraction of sp³-hybridized carbons (Fsp3) is 0.500. The summed E-state index contributed by atoms with van der Waals surface area (Å²) in [5.74, 6) is 1.53. The number of halogens is 1. The van der Waals surface area contributed by atoms with E-state index in [2.05, 4.69) is 15.3 Å². The molecule has 6 nitrogen and oxygen atoms in total. The van der Waals surface area contributed by atoms with E-state index in [9.17, 15) is 4.39 Å². The van der Waals surface area contributed by atoms with Crippen molar-refractivity contribution in [3.8, 4) is 5.75 Å². The Hall–Kier alpha value is -1.90. The molecule has 0 aromatic heterocycles. The number of piperidine rings is 1. The van der Waals surface area contributed by atoms with E-state index in [-0.39, 0.29) is 23.2 Å². The molecule has 4 heterocycles. The average Bonchev–Trinajstić information content (AvgIpc) is 3.12. The summed E-state index contributed by atoms with van der Waals surface area (Å²) in [6.07, 6.45) is 1.65. The normalized spacial score (nSPS) is 33.7. The van der Waals surface area contributed by atoms with E-state index in [4.69, 9.17) is 14.2 Å². The Balaban J connectivity index is 1.35. The lowest BCUT2D eigenvalue weighted by Gasteiger charge is -2.43. The van der Waals surface area contributed by atoms with Crippen LogP contribution in [0.25, 0.3) is 5.57 Å². The van der Waals surface area contributed by atoms with E-state index in [0.717, 1.165) is 18.7 Å². The Bertz CT molecular complexity index is 837. The lowest BCUT2D eigenvalue weighted by Crippen LogP contribution is -2.56. The second kappa shape index (κ2) is 7.50. The molecular weight excluding hydrogens is 381 g/mol. The number of benzene rings is 1. The first-order valence-electron chi connectivity index (χ1n) is 9.48. The van der Waals surface area contributed by atoms with Crippen molar-refractivity contribution in [3.63, 3.8) is 0 Å². The number of methoxy groups -OCH3 is 1. The number of ether oxygens (including phenoxy) is 3. The van der Waals surface area contributed by atoms with E-state index < -0.39 is 0 Å². The molecule has 0 radical (unpaired) electrons. The predicted octanol–water partition coefficient (Wildman–Crippen LogP) is 2.35. The zero-order valence-electron chi connectivity index (χ0n) is 15.5. The van der Waals surface area contributed by atoms with E-state index in [1.165, 1.54) is 13.2 Å². The van der Waals surface area contributed by atoms with E-state index in [0.29, 0.717) is 42.3 Å². The summed E-state index contributed by atoms with van der Waals surface area (Å²) in [6.45, 7) is 3.20. The summed E-state index contributed by atoms with van der Waals surface area (Å²) in [4.78, 5) is 8.98.